The van der Waals surface area contributed by atoms with E-state index < -0.39 is 12.1 Å². The van der Waals surface area contributed by atoms with E-state index in [-0.39, 0.29) is 24.4 Å². The van der Waals surface area contributed by atoms with Crippen molar-refractivity contribution in [3.63, 3.8) is 0 Å². The molecule has 25 heavy (non-hydrogen) atoms. The number of aromatic carboxylic acids is 1. The smallest absolute Gasteiger partial charge is 0.407 e. The number of rotatable bonds is 5. The summed E-state index contributed by atoms with van der Waals surface area (Å²) in [4.78, 5) is 22.7. The summed E-state index contributed by atoms with van der Waals surface area (Å²) in [5.74, 6) is -1.08. The number of benzene rings is 1. The molecule has 0 radical (unpaired) electrons. The van der Waals surface area contributed by atoms with E-state index in [1.807, 2.05) is 30.3 Å². The number of alkyl carbamates (subject to hydrolysis) is 1. The maximum absolute atomic E-state index is 11.9. The lowest BCUT2D eigenvalue weighted by molar-refractivity contribution is 0.0690. The molecule has 0 aliphatic heterocycles. The molecule has 2 N–H and O–H groups in total. The Morgan fingerprint density at radius 2 is 1.92 bits per heavy atom. The highest BCUT2D eigenvalue weighted by Gasteiger charge is 2.25. The number of hydrogen-bond acceptors (Lipinski definition) is 5. The molecule has 0 saturated heterocycles. The van der Waals surface area contributed by atoms with Gasteiger partial charge in [0.05, 0.1) is 12.2 Å². The number of nitrogens with one attached hydrogen (secondary N) is 1. The standard InChI is InChI=1S/C17H20N4O4/c22-16(23)15-10-21(20-19-15)14-8-6-13(7-9-14)18-17(24)25-11-12-4-2-1-3-5-12/h1-5,10,13-14H,6-9,11H2,(H,18,24)(H,22,23). The number of hydrogen-bond donors (Lipinski definition) is 2. The van der Waals surface area contributed by atoms with Crippen molar-refractivity contribution >= 4 is 12.1 Å². The molecule has 8 nitrogen and oxygen atoms in total. The van der Waals surface area contributed by atoms with Gasteiger partial charge in [0, 0.05) is 6.04 Å². The molecule has 1 amide bonds. The topological polar surface area (TPSA) is 106 Å². The van der Waals surface area contributed by atoms with Crippen molar-refractivity contribution < 1.29 is 19.4 Å². The van der Waals surface area contributed by atoms with Gasteiger partial charge in [0.1, 0.15) is 6.61 Å². The monoisotopic (exact) mass is 344 g/mol. The molecular weight excluding hydrogens is 324 g/mol. The molecule has 0 spiro atoms. The number of ether oxygens (including phenoxy) is 1. The fourth-order valence-electron chi connectivity index (χ4n) is 2.97. The third kappa shape index (κ3) is 4.56. The minimum absolute atomic E-state index is 0.0512. The number of nitrogens with zero attached hydrogens (tertiary/aromatic N) is 3. The minimum atomic E-state index is -1.08. The van der Waals surface area contributed by atoms with Gasteiger partial charge in [-0.3, -0.25) is 0 Å². The van der Waals surface area contributed by atoms with Crippen molar-refractivity contribution in [3.05, 3.63) is 47.8 Å². The van der Waals surface area contributed by atoms with Crippen molar-refractivity contribution in [2.75, 3.05) is 0 Å². The molecule has 132 valence electrons. The van der Waals surface area contributed by atoms with Gasteiger partial charge in [0.15, 0.2) is 5.69 Å². The van der Waals surface area contributed by atoms with E-state index in [9.17, 15) is 9.59 Å². The summed E-state index contributed by atoms with van der Waals surface area (Å²) in [7, 11) is 0. The van der Waals surface area contributed by atoms with Gasteiger partial charge in [-0.25, -0.2) is 14.3 Å². The van der Waals surface area contributed by atoms with Gasteiger partial charge in [-0.2, -0.15) is 0 Å². The summed E-state index contributed by atoms with van der Waals surface area (Å²) in [5.41, 5.74) is 0.895. The third-order valence-corrected chi connectivity index (χ3v) is 4.33. The Kier molecular flexibility index (Phi) is 5.27. The molecule has 0 bridgehead atoms. The van der Waals surface area contributed by atoms with Gasteiger partial charge >= 0.3 is 12.1 Å². The number of amides is 1. The van der Waals surface area contributed by atoms with Crippen LogP contribution in [0.3, 0.4) is 0 Å². The van der Waals surface area contributed by atoms with Gasteiger partial charge in [-0.1, -0.05) is 35.5 Å². The number of aromatic nitrogens is 3. The first-order valence-corrected chi connectivity index (χ1v) is 8.24. The summed E-state index contributed by atoms with van der Waals surface area (Å²) >= 11 is 0. The Balaban J connectivity index is 1.42. The van der Waals surface area contributed by atoms with Crippen LogP contribution in [0.4, 0.5) is 4.79 Å². The predicted octanol–water partition coefficient (Wildman–Crippen LogP) is 2.39. The lowest BCUT2D eigenvalue weighted by atomic mass is 9.91. The van der Waals surface area contributed by atoms with Crippen LogP contribution in [0.15, 0.2) is 36.5 Å². The zero-order chi connectivity index (χ0) is 17.6. The van der Waals surface area contributed by atoms with Gasteiger partial charge in [-0.15, -0.1) is 5.10 Å². The van der Waals surface area contributed by atoms with Crippen LogP contribution in [0.5, 0.6) is 0 Å². The molecule has 1 aliphatic rings. The maximum Gasteiger partial charge on any atom is 0.407 e. The fourth-order valence-corrected chi connectivity index (χ4v) is 2.97. The van der Waals surface area contributed by atoms with Crippen molar-refractivity contribution in [2.45, 2.75) is 44.4 Å². The Morgan fingerprint density at radius 3 is 2.56 bits per heavy atom. The van der Waals surface area contributed by atoms with E-state index >= 15 is 0 Å². The van der Waals surface area contributed by atoms with Crippen molar-refractivity contribution in [1.29, 1.82) is 0 Å². The third-order valence-electron chi connectivity index (χ3n) is 4.33. The van der Waals surface area contributed by atoms with E-state index in [0.29, 0.717) is 0 Å². The van der Waals surface area contributed by atoms with Crippen LogP contribution in [-0.2, 0) is 11.3 Å². The van der Waals surface area contributed by atoms with Crippen LogP contribution < -0.4 is 5.32 Å². The van der Waals surface area contributed by atoms with E-state index in [1.54, 1.807) is 4.68 Å². The summed E-state index contributed by atoms with van der Waals surface area (Å²) in [6.45, 7) is 0.249. The van der Waals surface area contributed by atoms with Crippen LogP contribution in [-0.4, -0.2) is 38.2 Å². The zero-order valence-electron chi connectivity index (χ0n) is 13.7. The molecule has 0 unspecified atom stereocenters. The molecule has 2 aromatic rings. The highest BCUT2D eigenvalue weighted by molar-refractivity contribution is 5.84. The molecule has 1 heterocycles. The Hall–Kier alpha value is -2.90. The van der Waals surface area contributed by atoms with E-state index in [2.05, 4.69) is 15.6 Å². The molecule has 1 saturated carbocycles. The molecule has 1 aromatic carbocycles. The van der Waals surface area contributed by atoms with Gasteiger partial charge in [0.2, 0.25) is 0 Å². The van der Waals surface area contributed by atoms with Crippen molar-refractivity contribution in [2.24, 2.45) is 0 Å². The Labute approximate surface area is 144 Å². The quantitative estimate of drug-likeness (QED) is 0.862. The highest BCUT2D eigenvalue weighted by Crippen LogP contribution is 2.28. The second-order valence-electron chi connectivity index (χ2n) is 6.10. The predicted molar refractivity (Wildman–Crippen MR) is 88.0 cm³/mol. The van der Waals surface area contributed by atoms with E-state index in [4.69, 9.17) is 9.84 Å². The highest BCUT2D eigenvalue weighted by atomic mass is 16.5. The second-order valence-corrected chi connectivity index (χ2v) is 6.10. The van der Waals surface area contributed by atoms with Crippen molar-refractivity contribution in [3.8, 4) is 0 Å². The number of carbonyl (C=O) groups is 2. The van der Waals surface area contributed by atoms with Crippen LogP contribution in [0, 0.1) is 0 Å². The lowest BCUT2D eigenvalue weighted by Gasteiger charge is -2.28. The minimum Gasteiger partial charge on any atom is -0.476 e. The van der Waals surface area contributed by atoms with Gasteiger partial charge < -0.3 is 15.2 Å². The first kappa shape index (κ1) is 16.9. The van der Waals surface area contributed by atoms with Crippen LogP contribution in [0.2, 0.25) is 0 Å². The normalized spacial score (nSPS) is 20.0. The maximum atomic E-state index is 11.9. The largest absolute Gasteiger partial charge is 0.476 e. The Bertz CT molecular complexity index is 723. The molecule has 1 fully saturated rings. The fraction of sp³-hybridized carbons (Fsp3) is 0.412. The van der Waals surface area contributed by atoms with Crippen LogP contribution in [0.1, 0.15) is 47.8 Å². The zero-order valence-corrected chi connectivity index (χ0v) is 13.7. The van der Waals surface area contributed by atoms with Crippen LogP contribution in [0.25, 0.3) is 0 Å². The molecule has 8 heteroatoms. The number of carbonyl (C=O) groups excluding carboxylic acids is 1. The summed E-state index contributed by atoms with van der Waals surface area (Å²) in [5, 5.41) is 19.3. The lowest BCUT2D eigenvalue weighted by Crippen LogP contribution is -2.38. The summed E-state index contributed by atoms with van der Waals surface area (Å²) in [6.07, 6.45) is 4.20. The van der Waals surface area contributed by atoms with E-state index in [1.165, 1.54) is 6.20 Å². The number of carboxylic acid groups (broad SMARTS) is 1. The SMILES string of the molecule is O=C(NC1CCC(n2cc(C(=O)O)nn2)CC1)OCc1ccccc1. The molecule has 0 atom stereocenters. The second kappa shape index (κ2) is 7.78. The number of carboxylic acids is 1. The molecule has 3 rings (SSSR count). The molecule has 1 aromatic heterocycles. The Morgan fingerprint density at radius 1 is 1.20 bits per heavy atom. The van der Waals surface area contributed by atoms with Crippen LogP contribution >= 0.6 is 0 Å². The first-order chi connectivity index (χ1) is 12.1. The van der Waals surface area contributed by atoms with Gasteiger partial charge in [-0.05, 0) is 31.2 Å². The van der Waals surface area contributed by atoms with Gasteiger partial charge in [0.25, 0.3) is 0 Å². The van der Waals surface area contributed by atoms with E-state index in [0.717, 1.165) is 31.2 Å². The average Bonchev–Trinajstić information content (AvgIpc) is 3.12. The first-order valence-electron chi connectivity index (χ1n) is 8.24. The molecular formula is C17H20N4O4. The summed E-state index contributed by atoms with van der Waals surface area (Å²) in [6, 6.07) is 9.69. The molecule has 1 aliphatic carbocycles. The summed E-state index contributed by atoms with van der Waals surface area (Å²) < 4.78 is 6.83. The van der Waals surface area contributed by atoms with Crippen molar-refractivity contribution in [1.82, 2.24) is 20.3 Å². The average molecular weight is 344 g/mol.